The molecule has 0 spiro atoms. The van der Waals surface area contributed by atoms with E-state index in [1.54, 1.807) is 22.7 Å². The summed E-state index contributed by atoms with van der Waals surface area (Å²) in [4.78, 5) is 25.7. The van der Waals surface area contributed by atoms with Crippen molar-refractivity contribution in [2.75, 3.05) is 0 Å². The summed E-state index contributed by atoms with van der Waals surface area (Å²) in [5.41, 5.74) is 9.12. The van der Waals surface area contributed by atoms with E-state index in [1.165, 1.54) is 20.2 Å². The minimum atomic E-state index is 0.633. The summed E-state index contributed by atoms with van der Waals surface area (Å²) in [5, 5.41) is 3.54. The largest absolute Gasteiger partial charge is 0.226 e. The van der Waals surface area contributed by atoms with E-state index in [1.807, 2.05) is 54.6 Å². The molecule has 262 valence electrons. The van der Waals surface area contributed by atoms with E-state index >= 15 is 0 Å². The second kappa shape index (κ2) is 13.4. The van der Waals surface area contributed by atoms with Crippen molar-refractivity contribution in [3.05, 3.63) is 176 Å². The van der Waals surface area contributed by atoms with Crippen molar-refractivity contribution in [2.24, 2.45) is 0 Å². The van der Waals surface area contributed by atoms with Crippen LogP contribution in [-0.2, 0) is 0 Å². The Hall–Kier alpha value is -6.93. The Balaban J connectivity index is 1.08. The lowest BCUT2D eigenvalue weighted by atomic mass is 10.0. The number of nitrogens with zero attached hydrogens (tertiary/aromatic N) is 5. The monoisotopic (exact) mass is 751 g/mol. The number of benzene rings is 7. The van der Waals surface area contributed by atoms with E-state index in [9.17, 15) is 0 Å². The van der Waals surface area contributed by atoms with Gasteiger partial charge in [0, 0.05) is 58.1 Å². The molecule has 0 aliphatic carbocycles. The van der Waals surface area contributed by atoms with Gasteiger partial charge in [-0.3, -0.25) is 0 Å². The summed E-state index contributed by atoms with van der Waals surface area (Å²) >= 11 is 3.54. The molecule has 0 radical (unpaired) electrons. The van der Waals surface area contributed by atoms with E-state index < -0.39 is 0 Å². The highest BCUT2D eigenvalue weighted by Crippen LogP contribution is 2.45. The molecule has 0 saturated carbocycles. The van der Waals surface area contributed by atoms with Crippen LogP contribution in [0.25, 0.3) is 108 Å². The van der Waals surface area contributed by atoms with Gasteiger partial charge in [0.15, 0.2) is 23.3 Å². The first-order chi connectivity index (χ1) is 27.7. The van der Waals surface area contributed by atoms with Crippen molar-refractivity contribution < 1.29 is 0 Å². The van der Waals surface area contributed by atoms with Gasteiger partial charge in [0.2, 0.25) is 0 Å². The van der Waals surface area contributed by atoms with Gasteiger partial charge in [0.05, 0.1) is 15.9 Å². The van der Waals surface area contributed by atoms with Gasteiger partial charge in [-0.2, -0.15) is 0 Å². The quantitative estimate of drug-likeness (QED) is 0.169. The predicted molar refractivity (Wildman–Crippen MR) is 234 cm³/mol. The first kappa shape index (κ1) is 32.5. The molecule has 0 fully saturated rings. The Bertz CT molecular complexity index is 3250. The zero-order valence-electron chi connectivity index (χ0n) is 29.8. The zero-order valence-corrected chi connectivity index (χ0v) is 31.4. The molecule has 0 amide bonds. The number of thiophene rings is 2. The average molecular weight is 752 g/mol. The SMILES string of the molecule is c1ccc(-c2cccc(-c3nc(-c4ccccc4)nc(-c4ccc5c(c4)sc4c(-c6nc(-c7ccccc7)nc7c6sc6ccccc67)cccc45)n3)c2)cc1. The number of fused-ring (bicyclic) bond motifs is 6. The second-order valence-corrected chi connectivity index (χ2v) is 15.8. The molecule has 0 unspecified atom stereocenters. The Morgan fingerprint density at radius 1 is 0.304 bits per heavy atom. The lowest BCUT2D eigenvalue weighted by Gasteiger charge is -2.10. The smallest absolute Gasteiger partial charge is 0.164 e. The van der Waals surface area contributed by atoms with Crippen molar-refractivity contribution in [2.45, 2.75) is 0 Å². The highest BCUT2D eigenvalue weighted by Gasteiger charge is 2.20. The number of hydrogen-bond donors (Lipinski definition) is 0. The van der Waals surface area contributed by atoms with Crippen LogP contribution in [0.15, 0.2) is 176 Å². The Kier molecular flexibility index (Phi) is 7.79. The minimum Gasteiger partial charge on any atom is -0.226 e. The molecule has 0 bridgehead atoms. The van der Waals surface area contributed by atoms with Crippen molar-refractivity contribution in [3.63, 3.8) is 0 Å². The molecule has 0 saturated heterocycles. The lowest BCUT2D eigenvalue weighted by Crippen LogP contribution is -2.00. The molecule has 0 aliphatic heterocycles. The fourth-order valence-corrected chi connectivity index (χ4v) is 9.83. The van der Waals surface area contributed by atoms with Gasteiger partial charge in [0.1, 0.15) is 0 Å². The summed E-state index contributed by atoms with van der Waals surface area (Å²) in [5.74, 6) is 2.63. The summed E-state index contributed by atoms with van der Waals surface area (Å²) < 4.78 is 4.65. The molecule has 7 heteroatoms. The van der Waals surface area contributed by atoms with Crippen molar-refractivity contribution in [1.29, 1.82) is 0 Å². The van der Waals surface area contributed by atoms with Gasteiger partial charge in [-0.1, -0.05) is 158 Å². The van der Waals surface area contributed by atoms with E-state index in [-0.39, 0.29) is 0 Å². The molecule has 0 atom stereocenters. The lowest BCUT2D eigenvalue weighted by molar-refractivity contribution is 1.07. The van der Waals surface area contributed by atoms with Gasteiger partial charge >= 0.3 is 0 Å². The average Bonchev–Trinajstić information content (AvgIpc) is 3.85. The summed E-state index contributed by atoms with van der Waals surface area (Å²) in [6.07, 6.45) is 0. The van der Waals surface area contributed by atoms with Gasteiger partial charge < -0.3 is 0 Å². The van der Waals surface area contributed by atoms with E-state index in [0.717, 1.165) is 70.8 Å². The van der Waals surface area contributed by atoms with E-state index in [2.05, 4.69) is 121 Å². The Morgan fingerprint density at radius 2 is 0.839 bits per heavy atom. The number of rotatable bonds is 6. The van der Waals surface area contributed by atoms with Crippen LogP contribution < -0.4 is 0 Å². The van der Waals surface area contributed by atoms with Crippen molar-refractivity contribution in [3.8, 4) is 67.9 Å². The second-order valence-electron chi connectivity index (χ2n) is 13.7. The molecule has 11 aromatic rings. The maximum absolute atomic E-state index is 5.30. The molecule has 0 aliphatic rings. The van der Waals surface area contributed by atoms with Gasteiger partial charge in [0.25, 0.3) is 0 Å². The molecule has 11 rings (SSSR count). The summed E-state index contributed by atoms with van der Waals surface area (Å²) in [7, 11) is 0. The predicted octanol–water partition coefficient (Wildman–Crippen LogP) is 13.4. The standard InChI is InChI=1S/C49H29N5S2/c1-4-14-30(15-5-1)33-20-12-21-34(28-33)48-52-47(32-18-8-3-9-19-32)53-49(54-48)35-26-27-36-37-23-13-24-39(44(37)56-41(36)29-35)43-45-42(38-22-10-11-25-40(38)55-45)50-46(51-43)31-16-6-2-7-17-31/h1-29H. The van der Waals surface area contributed by atoms with Crippen molar-refractivity contribution in [1.82, 2.24) is 24.9 Å². The normalized spacial score (nSPS) is 11.6. The maximum atomic E-state index is 5.30. The van der Waals surface area contributed by atoms with Crippen LogP contribution in [0.1, 0.15) is 0 Å². The van der Waals surface area contributed by atoms with Crippen molar-refractivity contribution >= 4 is 63.1 Å². The van der Waals surface area contributed by atoms with Crippen LogP contribution in [0.2, 0.25) is 0 Å². The highest BCUT2D eigenvalue weighted by atomic mass is 32.1. The zero-order chi connectivity index (χ0) is 37.0. The molecule has 56 heavy (non-hydrogen) atoms. The maximum Gasteiger partial charge on any atom is 0.164 e. The first-order valence-corrected chi connectivity index (χ1v) is 20.0. The fourth-order valence-electron chi connectivity index (χ4n) is 7.43. The van der Waals surface area contributed by atoms with Gasteiger partial charge in [-0.05, 0) is 29.3 Å². The van der Waals surface area contributed by atoms with Crippen LogP contribution in [0.3, 0.4) is 0 Å². The molecule has 4 aromatic heterocycles. The van der Waals surface area contributed by atoms with E-state index in [4.69, 9.17) is 24.9 Å². The minimum absolute atomic E-state index is 0.633. The highest BCUT2D eigenvalue weighted by molar-refractivity contribution is 7.27. The van der Waals surface area contributed by atoms with Crippen LogP contribution in [-0.4, -0.2) is 24.9 Å². The molecular formula is C49H29N5S2. The van der Waals surface area contributed by atoms with Crippen LogP contribution in [0, 0.1) is 0 Å². The third kappa shape index (κ3) is 5.64. The Morgan fingerprint density at radius 3 is 1.57 bits per heavy atom. The Labute approximate surface area is 330 Å². The summed E-state index contributed by atoms with van der Waals surface area (Å²) in [6, 6.07) is 60.9. The third-order valence-corrected chi connectivity index (χ3v) is 12.5. The topological polar surface area (TPSA) is 64.5 Å². The number of hydrogen-bond acceptors (Lipinski definition) is 7. The molecule has 0 N–H and O–H groups in total. The van der Waals surface area contributed by atoms with Crippen LogP contribution in [0.5, 0.6) is 0 Å². The molecule has 5 nitrogen and oxygen atoms in total. The number of aromatic nitrogens is 5. The van der Waals surface area contributed by atoms with Crippen LogP contribution in [0.4, 0.5) is 0 Å². The van der Waals surface area contributed by atoms with Gasteiger partial charge in [-0.25, -0.2) is 24.9 Å². The molecular weight excluding hydrogens is 723 g/mol. The fraction of sp³-hybridized carbons (Fsp3) is 0. The third-order valence-electron chi connectivity index (χ3n) is 10.2. The van der Waals surface area contributed by atoms with E-state index in [0.29, 0.717) is 17.5 Å². The first-order valence-electron chi connectivity index (χ1n) is 18.4. The summed E-state index contributed by atoms with van der Waals surface area (Å²) in [6.45, 7) is 0. The molecule has 4 heterocycles. The molecule has 7 aromatic carbocycles. The van der Waals surface area contributed by atoms with Crippen LogP contribution >= 0.6 is 22.7 Å². The van der Waals surface area contributed by atoms with Gasteiger partial charge in [-0.15, -0.1) is 22.7 Å².